The summed E-state index contributed by atoms with van der Waals surface area (Å²) < 4.78 is 5.24. The number of hydrogen-bond acceptors (Lipinski definition) is 5. The Kier molecular flexibility index (Phi) is 10.5. The van der Waals surface area contributed by atoms with Crippen molar-refractivity contribution in [3.63, 3.8) is 0 Å². The Bertz CT molecular complexity index is 224. The highest BCUT2D eigenvalue weighted by atomic mass is 16.5. The molecule has 0 spiro atoms. The van der Waals surface area contributed by atoms with Crippen molar-refractivity contribution < 1.29 is 14.3 Å². The van der Waals surface area contributed by atoms with Gasteiger partial charge in [-0.1, -0.05) is 6.92 Å². The molecule has 0 aromatic rings. The van der Waals surface area contributed by atoms with E-state index < -0.39 is 0 Å². The van der Waals surface area contributed by atoms with E-state index >= 15 is 0 Å². The summed E-state index contributed by atoms with van der Waals surface area (Å²) in [5.74, 6) is -0.118. The van der Waals surface area contributed by atoms with Crippen LogP contribution in [-0.2, 0) is 14.3 Å². The van der Waals surface area contributed by atoms with E-state index in [9.17, 15) is 9.59 Å². The maximum absolute atomic E-state index is 10.9. The third-order valence-corrected chi connectivity index (χ3v) is 1.90. The van der Waals surface area contributed by atoms with E-state index in [4.69, 9.17) is 10.5 Å². The summed E-state index contributed by atoms with van der Waals surface area (Å²) in [7, 11) is 0. The van der Waals surface area contributed by atoms with Crippen LogP contribution >= 0.6 is 0 Å². The quantitative estimate of drug-likeness (QED) is 0.267. The van der Waals surface area contributed by atoms with Crippen molar-refractivity contribution in [1.82, 2.24) is 16.0 Å². The molecule has 0 aromatic heterocycles. The van der Waals surface area contributed by atoms with Crippen LogP contribution in [-0.4, -0.2) is 51.3 Å². The summed E-state index contributed by atoms with van der Waals surface area (Å²) in [6.45, 7) is 4.24. The maximum Gasteiger partial charge on any atom is 0.234 e. The lowest BCUT2D eigenvalue weighted by molar-refractivity contribution is -0.121. The molecule has 0 aliphatic rings. The van der Waals surface area contributed by atoms with E-state index in [1.807, 2.05) is 0 Å². The summed E-state index contributed by atoms with van der Waals surface area (Å²) in [5.41, 5.74) is 5.13. The van der Waals surface area contributed by atoms with E-state index in [0.717, 1.165) is 0 Å². The summed E-state index contributed by atoms with van der Waals surface area (Å²) >= 11 is 0. The fraction of sp³-hybridized carbons (Fsp3) is 0.800. The molecule has 100 valence electrons. The van der Waals surface area contributed by atoms with Crippen LogP contribution in [0, 0.1) is 0 Å². The molecule has 7 heteroatoms. The van der Waals surface area contributed by atoms with Gasteiger partial charge in [-0.15, -0.1) is 0 Å². The first-order valence-corrected chi connectivity index (χ1v) is 5.72. The van der Waals surface area contributed by atoms with Gasteiger partial charge in [0, 0.05) is 19.5 Å². The molecule has 0 atom stereocenters. The van der Waals surface area contributed by atoms with Crippen molar-refractivity contribution in [2.45, 2.75) is 13.3 Å². The van der Waals surface area contributed by atoms with Gasteiger partial charge in [-0.3, -0.25) is 9.59 Å². The standard InChI is InChI=1S/C10H22N4O3/c1-2-9(15)13-4-6-17-5-3-12-7-10(16)14-8-11/h12H,2-8,11H2,1H3,(H,13,15)(H,14,16). The lowest BCUT2D eigenvalue weighted by Crippen LogP contribution is -2.38. The number of carbonyl (C=O) groups excluding carboxylic acids is 2. The Hall–Kier alpha value is -1.18. The van der Waals surface area contributed by atoms with Crippen LogP contribution in [0.3, 0.4) is 0 Å². The third-order valence-electron chi connectivity index (χ3n) is 1.90. The number of nitrogens with one attached hydrogen (secondary N) is 3. The first-order valence-electron chi connectivity index (χ1n) is 5.72. The van der Waals surface area contributed by atoms with Crippen LogP contribution in [0.1, 0.15) is 13.3 Å². The van der Waals surface area contributed by atoms with Crippen molar-refractivity contribution in [3.8, 4) is 0 Å². The fourth-order valence-electron chi connectivity index (χ4n) is 1.01. The maximum atomic E-state index is 10.9. The molecular formula is C10H22N4O3. The molecule has 5 N–H and O–H groups in total. The van der Waals surface area contributed by atoms with Crippen molar-refractivity contribution in [1.29, 1.82) is 0 Å². The van der Waals surface area contributed by atoms with Gasteiger partial charge in [-0.05, 0) is 0 Å². The zero-order valence-corrected chi connectivity index (χ0v) is 10.3. The minimum Gasteiger partial charge on any atom is -0.378 e. The van der Waals surface area contributed by atoms with Gasteiger partial charge in [0.15, 0.2) is 0 Å². The van der Waals surface area contributed by atoms with Gasteiger partial charge >= 0.3 is 0 Å². The van der Waals surface area contributed by atoms with E-state index in [2.05, 4.69) is 16.0 Å². The highest BCUT2D eigenvalue weighted by Crippen LogP contribution is 1.76. The predicted molar refractivity (Wildman–Crippen MR) is 64.2 cm³/mol. The van der Waals surface area contributed by atoms with E-state index in [0.29, 0.717) is 32.7 Å². The number of carbonyl (C=O) groups is 2. The number of rotatable bonds is 10. The van der Waals surface area contributed by atoms with Crippen LogP contribution in [0.25, 0.3) is 0 Å². The normalized spacial score (nSPS) is 10.0. The zero-order valence-electron chi connectivity index (χ0n) is 10.3. The third kappa shape index (κ3) is 11.1. The largest absolute Gasteiger partial charge is 0.378 e. The van der Waals surface area contributed by atoms with Gasteiger partial charge in [0.05, 0.1) is 26.4 Å². The molecule has 0 radical (unpaired) electrons. The van der Waals surface area contributed by atoms with Crippen LogP contribution < -0.4 is 21.7 Å². The van der Waals surface area contributed by atoms with Gasteiger partial charge in [-0.25, -0.2) is 0 Å². The molecular weight excluding hydrogens is 224 g/mol. The van der Waals surface area contributed by atoms with Gasteiger partial charge < -0.3 is 26.4 Å². The highest BCUT2D eigenvalue weighted by molar-refractivity contribution is 5.77. The average Bonchev–Trinajstić information content (AvgIpc) is 2.32. The van der Waals surface area contributed by atoms with Crippen molar-refractivity contribution in [3.05, 3.63) is 0 Å². The monoisotopic (exact) mass is 246 g/mol. The Morgan fingerprint density at radius 3 is 2.47 bits per heavy atom. The number of amides is 2. The highest BCUT2D eigenvalue weighted by Gasteiger charge is 1.97. The number of ether oxygens (including phenoxy) is 1. The molecule has 7 nitrogen and oxygen atoms in total. The van der Waals surface area contributed by atoms with Crippen LogP contribution in [0.15, 0.2) is 0 Å². The van der Waals surface area contributed by atoms with E-state index in [1.165, 1.54) is 0 Å². The van der Waals surface area contributed by atoms with Crippen molar-refractivity contribution >= 4 is 11.8 Å². The predicted octanol–water partition coefficient (Wildman–Crippen LogP) is -1.85. The molecule has 0 rings (SSSR count). The van der Waals surface area contributed by atoms with Gasteiger partial charge in [0.25, 0.3) is 0 Å². The molecule has 0 bridgehead atoms. The Morgan fingerprint density at radius 1 is 1.12 bits per heavy atom. The lowest BCUT2D eigenvalue weighted by Gasteiger charge is -2.07. The second-order valence-corrected chi connectivity index (χ2v) is 3.30. The molecule has 0 unspecified atom stereocenters. The van der Waals surface area contributed by atoms with Gasteiger partial charge in [-0.2, -0.15) is 0 Å². The van der Waals surface area contributed by atoms with E-state index in [-0.39, 0.29) is 25.0 Å². The molecule has 0 aliphatic carbocycles. The molecule has 0 saturated carbocycles. The van der Waals surface area contributed by atoms with Crippen LogP contribution in [0.2, 0.25) is 0 Å². The van der Waals surface area contributed by atoms with Crippen LogP contribution in [0.5, 0.6) is 0 Å². The molecule has 0 aromatic carbocycles. The molecule has 0 fully saturated rings. The minimum atomic E-state index is -0.136. The van der Waals surface area contributed by atoms with Crippen LogP contribution in [0.4, 0.5) is 0 Å². The molecule has 0 heterocycles. The zero-order chi connectivity index (χ0) is 12.9. The summed E-state index contributed by atoms with van der Waals surface area (Å²) in [5, 5.41) is 8.06. The second-order valence-electron chi connectivity index (χ2n) is 3.30. The average molecular weight is 246 g/mol. The molecule has 0 saturated heterocycles. The van der Waals surface area contributed by atoms with E-state index in [1.54, 1.807) is 6.92 Å². The number of nitrogens with two attached hydrogens (primary N) is 1. The lowest BCUT2D eigenvalue weighted by atomic mass is 10.4. The SMILES string of the molecule is CCC(=O)NCCOCCNCC(=O)NCN. The Balaban J connectivity index is 3.13. The number of hydrogen-bond donors (Lipinski definition) is 4. The second kappa shape index (κ2) is 11.3. The van der Waals surface area contributed by atoms with Crippen molar-refractivity contribution in [2.75, 3.05) is 39.5 Å². The molecule has 17 heavy (non-hydrogen) atoms. The summed E-state index contributed by atoms with van der Waals surface area (Å²) in [6.07, 6.45) is 0.484. The minimum absolute atomic E-state index is 0.0187. The Morgan fingerprint density at radius 2 is 1.82 bits per heavy atom. The topological polar surface area (TPSA) is 105 Å². The molecule has 0 aliphatic heterocycles. The fourth-order valence-corrected chi connectivity index (χ4v) is 1.01. The smallest absolute Gasteiger partial charge is 0.234 e. The summed E-state index contributed by atoms with van der Waals surface area (Å²) in [6, 6.07) is 0. The first kappa shape index (κ1) is 15.8. The van der Waals surface area contributed by atoms with Gasteiger partial charge in [0.2, 0.25) is 11.8 Å². The Labute approximate surface area is 101 Å². The molecule has 2 amide bonds. The summed E-state index contributed by atoms with van der Waals surface area (Å²) in [4.78, 5) is 21.8. The van der Waals surface area contributed by atoms with Gasteiger partial charge in [0.1, 0.15) is 0 Å². The van der Waals surface area contributed by atoms with Crippen molar-refractivity contribution in [2.24, 2.45) is 5.73 Å². The first-order chi connectivity index (χ1) is 8.20.